The van der Waals surface area contributed by atoms with Crippen LogP contribution in [0.4, 0.5) is 0 Å². The Bertz CT molecular complexity index is 942. The van der Waals surface area contributed by atoms with Crippen molar-refractivity contribution in [1.82, 2.24) is 19.7 Å². The van der Waals surface area contributed by atoms with Crippen LogP contribution in [0, 0.1) is 12.8 Å². The number of hydrogen-bond donors (Lipinski definition) is 0. The Morgan fingerprint density at radius 3 is 2.85 bits per heavy atom. The first kappa shape index (κ1) is 17.4. The van der Waals surface area contributed by atoms with E-state index >= 15 is 0 Å². The van der Waals surface area contributed by atoms with E-state index in [1.54, 1.807) is 23.1 Å². The summed E-state index contributed by atoms with van der Waals surface area (Å²) >= 11 is 3.45. The van der Waals surface area contributed by atoms with Crippen LogP contribution in [-0.4, -0.2) is 63.2 Å². The van der Waals surface area contributed by atoms with Gasteiger partial charge in [0.15, 0.2) is 5.82 Å². The first-order valence-corrected chi connectivity index (χ1v) is 11.2. The number of hydrogen-bond acceptors (Lipinski definition) is 7. The molecule has 1 aliphatic carbocycles. The Labute approximate surface area is 165 Å². The van der Waals surface area contributed by atoms with Crippen LogP contribution in [0.1, 0.15) is 27.7 Å². The molecule has 1 atom stereocenters. The van der Waals surface area contributed by atoms with Crippen LogP contribution in [0.25, 0.3) is 5.00 Å². The molecule has 0 bridgehead atoms. The third kappa shape index (κ3) is 2.75. The summed E-state index contributed by atoms with van der Waals surface area (Å²) in [6.45, 7) is 5.25. The molecule has 5 rings (SSSR count). The molecule has 142 valence electrons. The molecule has 1 amide bonds. The third-order valence-corrected chi connectivity index (χ3v) is 7.45. The molecule has 7 nitrogen and oxygen atoms in total. The summed E-state index contributed by atoms with van der Waals surface area (Å²) in [6.07, 6.45) is 3.69. The summed E-state index contributed by atoms with van der Waals surface area (Å²) in [4.78, 5) is 21.1. The highest BCUT2D eigenvalue weighted by molar-refractivity contribution is 8.13. The Hall–Kier alpha value is -1.71. The Morgan fingerprint density at radius 2 is 2.07 bits per heavy atom. The molecule has 0 radical (unpaired) electrons. The highest BCUT2D eigenvalue weighted by Gasteiger charge is 2.37. The molecule has 2 aliphatic heterocycles. The number of carbonyl (C=O) groups excluding carboxylic acids is 1. The fraction of sp³-hybridized carbons (Fsp3) is 0.556. The number of nitrogens with zero attached hydrogens (tertiary/aromatic N) is 5. The predicted octanol–water partition coefficient (Wildman–Crippen LogP) is 1.83. The van der Waals surface area contributed by atoms with Gasteiger partial charge in [-0.25, -0.2) is 0 Å². The van der Waals surface area contributed by atoms with Crippen molar-refractivity contribution >= 4 is 34.0 Å². The zero-order valence-corrected chi connectivity index (χ0v) is 17.0. The molecule has 0 aromatic carbocycles. The maximum Gasteiger partial charge on any atom is 0.226 e. The van der Waals surface area contributed by atoms with Gasteiger partial charge in [-0.3, -0.25) is 14.4 Å². The zero-order chi connectivity index (χ0) is 18.5. The van der Waals surface area contributed by atoms with Crippen LogP contribution in [0.2, 0.25) is 0 Å². The lowest BCUT2D eigenvalue weighted by Gasteiger charge is -2.29. The van der Waals surface area contributed by atoms with E-state index in [2.05, 4.69) is 21.0 Å². The van der Waals surface area contributed by atoms with Crippen LogP contribution in [-0.2, 0) is 28.9 Å². The second-order valence-electron chi connectivity index (χ2n) is 7.05. The highest BCUT2D eigenvalue weighted by atomic mass is 32.2. The maximum atomic E-state index is 13.0. The molecule has 27 heavy (non-hydrogen) atoms. The number of carbonyl (C=O) groups is 1. The number of rotatable bonds is 1. The van der Waals surface area contributed by atoms with Gasteiger partial charge in [0.2, 0.25) is 5.91 Å². The standard InChI is InChI=1S/C18H21N5O2S2/c1-10-20-21-14-9-19-16(26-2)15-12-7-11(8-13(12)27-18(15)23(10)14)17(24)22-3-5-25-6-4-22/h11H,3-9H2,1-2H3. The lowest BCUT2D eigenvalue weighted by atomic mass is 10.0. The number of fused-ring (bicyclic) bond motifs is 5. The lowest BCUT2D eigenvalue weighted by Crippen LogP contribution is -2.44. The maximum absolute atomic E-state index is 13.0. The van der Waals surface area contributed by atoms with Gasteiger partial charge in [0.1, 0.15) is 22.4 Å². The largest absolute Gasteiger partial charge is 0.378 e. The van der Waals surface area contributed by atoms with Crippen LogP contribution in [0.15, 0.2) is 4.99 Å². The van der Waals surface area contributed by atoms with Gasteiger partial charge in [0, 0.05) is 29.4 Å². The van der Waals surface area contributed by atoms with Gasteiger partial charge in [-0.2, -0.15) is 0 Å². The van der Waals surface area contributed by atoms with Gasteiger partial charge in [-0.05, 0) is 31.6 Å². The number of ether oxygens (including phenoxy) is 1. The summed E-state index contributed by atoms with van der Waals surface area (Å²) in [5, 5.41) is 10.8. The minimum Gasteiger partial charge on any atom is -0.378 e. The van der Waals surface area contributed by atoms with E-state index in [0.29, 0.717) is 32.8 Å². The normalized spacial score (nSPS) is 21.3. The highest BCUT2D eigenvalue weighted by Crippen LogP contribution is 2.43. The first-order chi connectivity index (χ1) is 13.2. The average Bonchev–Trinajstić information content (AvgIpc) is 3.33. The molecule has 3 aliphatic rings. The van der Waals surface area contributed by atoms with E-state index in [1.165, 1.54) is 21.0 Å². The van der Waals surface area contributed by atoms with Gasteiger partial charge in [0.25, 0.3) is 0 Å². The topological polar surface area (TPSA) is 72.6 Å². The predicted molar refractivity (Wildman–Crippen MR) is 106 cm³/mol. The molecule has 0 saturated carbocycles. The number of aromatic nitrogens is 3. The molecule has 2 aromatic heterocycles. The SMILES string of the molecule is CSC1=NCc2nnc(C)n2-c2sc3c(c21)CC(C(=O)N1CCOCC1)C3. The van der Waals surface area contributed by atoms with Crippen molar-refractivity contribution in [3.05, 3.63) is 27.7 Å². The van der Waals surface area contributed by atoms with E-state index in [1.807, 2.05) is 11.8 Å². The number of aliphatic imine (C=N–C) groups is 1. The van der Waals surface area contributed by atoms with Crippen molar-refractivity contribution in [2.24, 2.45) is 10.9 Å². The van der Waals surface area contributed by atoms with Gasteiger partial charge in [0.05, 0.1) is 13.2 Å². The van der Waals surface area contributed by atoms with Crippen molar-refractivity contribution in [2.45, 2.75) is 26.3 Å². The van der Waals surface area contributed by atoms with Crippen molar-refractivity contribution < 1.29 is 9.53 Å². The molecule has 2 aromatic rings. The summed E-state index contributed by atoms with van der Waals surface area (Å²) in [7, 11) is 0. The molecule has 0 N–H and O–H groups in total. The van der Waals surface area contributed by atoms with E-state index in [9.17, 15) is 4.79 Å². The fourth-order valence-electron chi connectivity index (χ4n) is 4.18. The number of morpholine rings is 1. The van der Waals surface area contributed by atoms with E-state index in [4.69, 9.17) is 9.73 Å². The van der Waals surface area contributed by atoms with Crippen LogP contribution in [0.3, 0.4) is 0 Å². The third-order valence-electron chi connectivity index (χ3n) is 5.49. The van der Waals surface area contributed by atoms with Gasteiger partial charge < -0.3 is 9.64 Å². The van der Waals surface area contributed by atoms with E-state index < -0.39 is 0 Å². The smallest absolute Gasteiger partial charge is 0.226 e. The molecule has 1 unspecified atom stereocenters. The Balaban J connectivity index is 1.51. The minimum absolute atomic E-state index is 0.0440. The van der Waals surface area contributed by atoms with Crippen molar-refractivity contribution in [3.8, 4) is 5.00 Å². The van der Waals surface area contributed by atoms with Crippen molar-refractivity contribution in [2.75, 3.05) is 32.6 Å². The van der Waals surface area contributed by atoms with Crippen molar-refractivity contribution in [3.63, 3.8) is 0 Å². The van der Waals surface area contributed by atoms with E-state index in [-0.39, 0.29) is 11.8 Å². The zero-order valence-electron chi connectivity index (χ0n) is 15.4. The lowest BCUT2D eigenvalue weighted by molar-refractivity contribution is -0.139. The van der Waals surface area contributed by atoms with Gasteiger partial charge in [-0.15, -0.1) is 33.3 Å². The summed E-state index contributed by atoms with van der Waals surface area (Å²) in [6, 6.07) is 0. The molecular formula is C18H21N5O2S2. The summed E-state index contributed by atoms with van der Waals surface area (Å²) in [5.41, 5.74) is 2.50. The Morgan fingerprint density at radius 1 is 1.26 bits per heavy atom. The summed E-state index contributed by atoms with van der Waals surface area (Å²) < 4.78 is 7.53. The average molecular weight is 404 g/mol. The van der Waals surface area contributed by atoms with Crippen LogP contribution in [0.5, 0.6) is 0 Å². The quantitative estimate of drug-likeness (QED) is 0.726. The summed E-state index contributed by atoms with van der Waals surface area (Å²) in [5.74, 6) is 2.10. The molecule has 9 heteroatoms. The molecular weight excluding hydrogens is 382 g/mol. The Kier molecular flexibility index (Phi) is 4.33. The fourth-order valence-corrected chi connectivity index (χ4v) is 6.34. The number of aryl methyl sites for hydroxylation is 1. The first-order valence-electron chi connectivity index (χ1n) is 9.18. The van der Waals surface area contributed by atoms with Crippen LogP contribution >= 0.6 is 23.1 Å². The van der Waals surface area contributed by atoms with Crippen molar-refractivity contribution in [1.29, 1.82) is 0 Å². The monoisotopic (exact) mass is 403 g/mol. The van der Waals surface area contributed by atoms with Gasteiger partial charge in [-0.1, -0.05) is 0 Å². The molecule has 0 spiro atoms. The number of amides is 1. The van der Waals surface area contributed by atoms with E-state index in [0.717, 1.165) is 29.5 Å². The molecule has 1 fully saturated rings. The number of thiophene rings is 1. The van der Waals surface area contributed by atoms with Crippen LogP contribution < -0.4 is 0 Å². The minimum atomic E-state index is 0.0440. The molecule has 1 saturated heterocycles. The molecule has 4 heterocycles. The number of thioether (sulfide) groups is 1. The second-order valence-corrected chi connectivity index (χ2v) is 8.93. The van der Waals surface area contributed by atoms with Gasteiger partial charge >= 0.3 is 0 Å². The second kappa shape index (κ2) is 6.72.